The standard InChI is InChI=1S/C17H20N2O3/c1-3-22-16-11-7-5-9-14(16)19-17(20)18-12-13-8-4-6-10-15(13)21-2/h4-11H,3,12H2,1-2H3,(H2,18,19,20). The number of hydrogen-bond acceptors (Lipinski definition) is 3. The molecular weight excluding hydrogens is 280 g/mol. The fraction of sp³-hybridized carbons (Fsp3) is 0.235. The number of anilines is 1. The van der Waals surface area contributed by atoms with E-state index < -0.39 is 0 Å². The molecule has 0 saturated carbocycles. The molecule has 2 N–H and O–H groups in total. The van der Waals surface area contributed by atoms with E-state index in [0.29, 0.717) is 24.6 Å². The minimum Gasteiger partial charge on any atom is -0.496 e. The second-order valence-electron chi connectivity index (χ2n) is 4.55. The quantitative estimate of drug-likeness (QED) is 0.859. The zero-order valence-corrected chi connectivity index (χ0v) is 12.8. The van der Waals surface area contributed by atoms with Gasteiger partial charge >= 0.3 is 6.03 Å². The molecule has 22 heavy (non-hydrogen) atoms. The Balaban J connectivity index is 1.96. The van der Waals surface area contributed by atoms with Crippen LogP contribution in [-0.4, -0.2) is 19.7 Å². The van der Waals surface area contributed by atoms with Crippen LogP contribution in [0, 0.1) is 0 Å². The van der Waals surface area contributed by atoms with Gasteiger partial charge in [-0.3, -0.25) is 0 Å². The van der Waals surface area contributed by atoms with Gasteiger partial charge in [0.1, 0.15) is 11.5 Å². The van der Waals surface area contributed by atoms with Crippen molar-refractivity contribution in [3.8, 4) is 11.5 Å². The van der Waals surface area contributed by atoms with Crippen LogP contribution in [0.5, 0.6) is 11.5 Å². The number of methoxy groups -OCH3 is 1. The Morgan fingerprint density at radius 3 is 2.45 bits per heavy atom. The molecule has 2 rings (SSSR count). The average Bonchev–Trinajstić information content (AvgIpc) is 2.55. The lowest BCUT2D eigenvalue weighted by Gasteiger charge is -2.13. The molecule has 5 heteroatoms. The van der Waals surface area contributed by atoms with Crippen LogP contribution in [0.15, 0.2) is 48.5 Å². The highest BCUT2D eigenvalue weighted by atomic mass is 16.5. The van der Waals surface area contributed by atoms with Crippen molar-refractivity contribution in [2.75, 3.05) is 19.0 Å². The highest BCUT2D eigenvalue weighted by Crippen LogP contribution is 2.23. The van der Waals surface area contributed by atoms with E-state index >= 15 is 0 Å². The maximum atomic E-state index is 12.0. The molecule has 0 spiro atoms. The summed E-state index contributed by atoms with van der Waals surface area (Å²) in [5.74, 6) is 1.40. The van der Waals surface area contributed by atoms with Gasteiger partial charge in [-0.25, -0.2) is 4.79 Å². The van der Waals surface area contributed by atoms with E-state index in [1.807, 2.05) is 49.4 Å². The molecule has 0 heterocycles. The van der Waals surface area contributed by atoms with Gasteiger partial charge in [-0.2, -0.15) is 0 Å². The third-order valence-electron chi connectivity index (χ3n) is 3.07. The van der Waals surface area contributed by atoms with Gasteiger partial charge in [0.15, 0.2) is 0 Å². The number of benzene rings is 2. The molecule has 0 aliphatic carbocycles. The minimum absolute atomic E-state index is 0.293. The second kappa shape index (κ2) is 7.93. The Kier molecular flexibility index (Phi) is 5.65. The minimum atomic E-state index is -0.293. The van der Waals surface area contributed by atoms with Crippen molar-refractivity contribution in [1.82, 2.24) is 5.32 Å². The van der Waals surface area contributed by atoms with Crippen LogP contribution in [0.2, 0.25) is 0 Å². The van der Waals surface area contributed by atoms with Crippen LogP contribution < -0.4 is 20.1 Å². The highest BCUT2D eigenvalue weighted by Gasteiger charge is 2.08. The van der Waals surface area contributed by atoms with Crippen molar-refractivity contribution < 1.29 is 14.3 Å². The molecule has 5 nitrogen and oxygen atoms in total. The van der Waals surface area contributed by atoms with Gasteiger partial charge in [0, 0.05) is 12.1 Å². The summed E-state index contributed by atoms with van der Waals surface area (Å²) < 4.78 is 10.7. The van der Waals surface area contributed by atoms with E-state index in [1.54, 1.807) is 13.2 Å². The molecule has 0 bridgehead atoms. The summed E-state index contributed by atoms with van der Waals surface area (Å²) >= 11 is 0. The number of ether oxygens (including phenoxy) is 2. The summed E-state index contributed by atoms with van der Waals surface area (Å²) in [7, 11) is 1.61. The lowest BCUT2D eigenvalue weighted by Crippen LogP contribution is -2.28. The van der Waals surface area contributed by atoms with Gasteiger partial charge in [0.2, 0.25) is 0 Å². The number of rotatable bonds is 6. The van der Waals surface area contributed by atoms with Crippen LogP contribution in [0.25, 0.3) is 0 Å². The van der Waals surface area contributed by atoms with Crippen molar-refractivity contribution in [3.05, 3.63) is 54.1 Å². The van der Waals surface area contributed by atoms with Crippen molar-refractivity contribution in [2.45, 2.75) is 13.5 Å². The van der Waals surface area contributed by atoms with Crippen LogP contribution in [0.3, 0.4) is 0 Å². The lowest BCUT2D eigenvalue weighted by molar-refractivity contribution is 0.251. The number of urea groups is 1. The van der Waals surface area contributed by atoms with Gasteiger partial charge < -0.3 is 20.1 Å². The third kappa shape index (κ3) is 4.15. The zero-order valence-electron chi connectivity index (χ0n) is 12.8. The summed E-state index contributed by atoms with van der Waals surface area (Å²) in [5.41, 5.74) is 1.56. The second-order valence-corrected chi connectivity index (χ2v) is 4.55. The molecule has 0 radical (unpaired) electrons. The van der Waals surface area contributed by atoms with Gasteiger partial charge in [-0.05, 0) is 25.1 Å². The van der Waals surface area contributed by atoms with E-state index in [1.165, 1.54) is 0 Å². The molecule has 0 saturated heterocycles. The predicted octanol–water partition coefficient (Wildman–Crippen LogP) is 3.42. The zero-order chi connectivity index (χ0) is 15.8. The van der Waals surface area contributed by atoms with Crippen molar-refractivity contribution in [2.24, 2.45) is 0 Å². The number of nitrogens with one attached hydrogen (secondary N) is 2. The molecule has 2 amide bonds. The Hall–Kier alpha value is -2.69. The maximum absolute atomic E-state index is 12.0. The summed E-state index contributed by atoms with van der Waals surface area (Å²) in [6, 6.07) is 14.6. The summed E-state index contributed by atoms with van der Waals surface area (Å²) in [5, 5.41) is 5.59. The van der Waals surface area contributed by atoms with Crippen LogP contribution in [0.1, 0.15) is 12.5 Å². The number of para-hydroxylation sites is 3. The maximum Gasteiger partial charge on any atom is 0.319 e. The first-order chi connectivity index (χ1) is 10.7. The Bertz CT molecular complexity index is 629. The van der Waals surface area contributed by atoms with Crippen LogP contribution in [0.4, 0.5) is 10.5 Å². The van der Waals surface area contributed by atoms with E-state index in [4.69, 9.17) is 9.47 Å². The fourth-order valence-electron chi connectivity index (χ4n) is 2.04. The first-order valence-electron chi connectivity index (χ1n) is 7.13. The van der Waals surface area contributed by atoms with Crippen LogP contribution >= 0.6 is 0 Å². The molecule has 2 aromatic rings. The lowest BCUT2D eigenvalue weighted by atomic mass is 10.2. The number of hydrogen-bond donors (Lipinski definition) is 2. The number of carbonyl (C=O) groups excluding carboxylic acids is 1. The fourth-order valence-corrected chi connectivity index (χ4v) is 2.04. The van der Waals surface area contributed by atoms with Crippen LogP contribution in [-0.2, 0) is 6.54 Å². The molecule has 0 aliphatic rings. The Morgan fingerprint density at radius 2 is 1.73 bits per heavy atom. The van der Waals surface area contributed by atoms with E-state index in [2.05, 4.69) is 10.6 Å². The van der Waals surface area contributed by atoms with Crippen molar-refractivity contribution >= 4 is 11.7 Å². The van der Waals surface area contributed by atoms with Crippen molar-refractivity contribution in [1.29, 1.82) is 0 Å². The normalized spacial score (nSPS) is 9.91. The predicted molar refractivity (Wildman–Crippen MR) is 86.5 cm³/mol. The molecule has 0 fully saturated rings. The number of carbonyl (C=O) groups is 1. The Labute approximate surface area is 130 Å². The largest absolute Gasteiger partial charge is 0.496 e. The molecule has 0 unspecified atom stereocenters. The van der Waals surface area contributed by atoms with Gasteiger partial charge in [-0.15, -0.1) is 0 Å². The molecule has 116 valence electrons. The Morgan fingerprint density at radius 1 is 1.05 bits per heavy atom. The molecule has 0 atom stereocenters. The topological polar surface area (TPSA) is 59.6 Å². The van der Waals surface area contributed by atoms with E-state index in [0.717, 1.165) is 11.3 Å². The SMILES string of the molecule is CCOc1ccccc1NC(=O)NCc1ccccc1OC. The van der Waals surface area contributed by atoms with Gasteiger partial charge in [-0.1, -0.05) is 30.3 Å². The van der Waals surface area contributed by atoms with E-state index in [9.17, 15) is 4.79 Å². The van der Waals surface area contributed by atoms with E-state index in [-0.39, 0.29) is 6.03 Å². The monoisotopic (exact) mass is 300 g/mol. The molecular formula is C17H20N2O3. The first-order valence-corrected chi connectivity index (χ1v) is 7.13. The van der Waals surface area contributed by atoms with Gasteiger partial charge in [0.05, 0.1) is 19.4 Å². The van der Waals surface area contributed by atoms with Gasteiger partial charge in [0.25, 0.3) is 0 Å². The molecule has 0 aliphatic heterocycles. The summed E-state index contributed by atoms with van der Waals surface area (Å²) in [6.45, 7) is 2.83. The summed E-state index contributed by atoms with van der Waals surface area (Å²) in [4.78, 5) is 12.0. The third-order valence-corrected chi connectivity index (χ3v) is 3.07. The number of amides is 2. The first kappa shape index (κ1) is 15.7. The smallest absolute Gasteiger partial charge is 0.319 e. The van der Waals surface area contributed by atoms with Crippen molar-refractivity contribution in [3.63, 3.8) is 0 Å². The molecule has 0 aromatic heterocycles. The molecule has 2 aromatic carbocycles. The average molecular weight is 300 g/mol. The highest BCUT2D eigenvalue weighted by molar-refractivity contribution is 5.90. The summed E-state index contributed by atoms with van der Waals surface area (Å²) in [6.07, 6.45) is 0.